The number of para-hydroxylation sites is 1. The molecule has 4 aromatic heterocycles. The lowest BCUT2D eigenvalue weighted by atomic mass is 9.79. The van der Waals surface area contributed by atoms with E-state index in [1.54, 1.807) is 68.6 Å². The van der Waals surface area contributed by atoms with E-state index in [0.29, 0.717) is 33.6 Å². The van der Waals surface area contributed by atoms with E-state index in [2.05, 4.69) is 10.1 Å². The minimum absolute atomic E-state index is 0.0718. The van der Waals surface area contributed by atoms with Gasteiger partial charge in [-0.1, -0.05) is 36.4 Å². The lowest BCUT2D eigenvalue weighted by molar-refractivity contribution is 0.000617. The Balaban J connectivity index is 1.36. The molecule has 1 aromatic carbocycles. The van der Waals surface area contributed by atoms with Gasteiger partial charge in [0.1, 0.15) is 21.6 Å². The molecule has 0 bridgehead atoms. The van der Waals surface area contributed by atoms with E-state index in [1.807, 2.05) is 69.7 Å². The number of likely N-dealkylation sites (tertiary alicyclic amines) is 1. The number of fused-ring (bicyclic) bond motifs is 1. The maximum atomic E-state index is 15.2. The van der Waals surface area contributed by atoms with Crippen LogP contribution in [0.3, 0.4) is 0 Å². The number of ether oxygens (including phenoxy) is 2. The minimum atomic E-state index is -4.36. The molecule has 1 amide bonds. The van der Waals surface area contributed by atoms with Crippen LogP contribution >= 0.6 is 0 Å². The Morgan fingerprint density at radius 1 is 1.04 bits per heavy atom. The number of hydrogen-bond donors (Lipinski definition) is 1. The summed E-state index contributed by atoms with van der Waals surface area (Å²) in [5.74, 6) is 0.298. The van der Waals surface area contributed by atoms with Crippen molar-refractivity contribution in [3.63, 3.8) is 0 Å². The van der Waals surface area contributed by atoms with E-state index in [9.17, 15) is 14.4 Å². The number of carbonyl (C=O) groups is 1. The Bertz CT molecular complexity index is 2700. The first-order valence-corrected chi connectivity index (χ1v) is 20.5. The molecular weight excluding hydrogens is 745 g/mol. The van der Waals surface area contributed by atoms with Gasteiger partial charge in [-0.15, -0.1) is 0 Å². The summed E-state index contributed by atoms with van der Waals surface area (Å²) in [6, 6.07) is 8.53. The smallest absolute Gasteiger partial charge is 0.410 e. The number of H-pyrrole nitrogens is 1. The molecule has 5 heterocycles. The van der Waals surface area contributed by atoms with E-state index in [0.717, 1.165) is 26.4 Å². The van der Waals surface area contributed by atoms with Gasteiger partial charge >= 0.3 is 6.09 Å². The average Bonchev–Trinajstić information content (AvgIpc) is 3.73. The average molecular weight is 795 g/mol. The van der Waals surface area contributed by atoms with Gasteiger partial charge in [0.25, 0.3) is 11.1 Å². The van der Waals surface area contributed by atoms with Crippen LogP contribution in [-0.4, -0.2) is 66.2 Å². The van der Waals surface area contributed by atoms with Gasteiger partial charge in [0, 0.05) is 71.3 Å². The van der Waals surface area contributed by atoms with Crippen LogP contribution in [0.5, 0.6) is 11.5 Å². The van der Waals surface area contributed by atoms with Crippen LogP contribution in [0.2, 0.25) is 0 Å². The van der Waals surface area contributed by atoms with Crippen molar-refractivity contribution in [3.8, 4) is 22.6 Å². The van der Waals surface area contributed by atoms with Gasteiger partial charge in [-0.2, -0.15) is 5.10 Å². The Kier molecular flexibility index (Phi) is 9.78. The zero-order valence-electron chi connectivity index (χ0n) is 34.1. The van der Waals surface area contributed by atoms with Crippen molar-refractivity contribution in [2.75, 3.05) is 13.1 Å². The zero-order chi connectivity index (χ0) is 41.4. The van der Waals surface area contributed by atoms with Crippen molar-refractivity contribution in [3.05, 3.63) is 122 Å². The molecule has 1 saturated heterocycles. The maximum Gasteiger partial charge on any atom is 0.410 e. The molecule has 5 aromatic rings. The fourth-order valence-corrected chi connectivity index (χ4v) is 10.0. The summed E-state index contributed by atoms with van der Waals surface area (Å²) in [6.45, 7) is 19.2. The van der Waals surface area contributed by atoms with Crippen LogP contribution in [0.25, 0.3) is 22.0 Å². The molecule has 7 rings (SSSR count). The van der Waals surface area contributed by atoms with Crippen molar-refractivity contribution in [1.82, 2.24) is 28.2 Å². The van der Waals surface area contributed by atoms with E-state index in [-0.39, 0.29) is 36.2 Å². The Labute approximate surface area is 332 Å². The maximum absolute atomic E-state index is 15.2. The van der Waals surface area contributed by atoms with E-state index in [4.69, 9.17) is 9.47 Å². The van der Waals surface area contributed by atoms with Crippen LogP contribution < -0.4 is 15.9 Å². The Hall–Kier alpha value is -5.63. The van der Waals surface area contributed by atoms with Crippen LogP contribution in [0.4, 0.5) is 4.79 Å². The molecule has 0 spiro atoms. The summed E-state index contributed by atoms with van der Waals surface area (Å²) < 4.78 is 45.5. The zero-order valence-corrected chi connectivity index (χ0v) is 34.9. The fraction of sp³-hybridized carbons (Fsp3) is 0.395. The molecule has 2 atom stereocenters. The summed E-state index contributed by atoms with van der Waals surface area (Å²) >= 11 is 0. The van der Waals surface area contributed by atoms with Gasteiger partial charge in [0.15, 0.2) is 5.75 Å². The topological polar surface area (TPSA) is 151 Å². The van der Waals surface area contributed by atoms with E-state index < -0.39 is 37.9 Å². The molecule has 1 fully saturated rings. The van der Waals surface area contributed by atoms with Crippen molar-refractivity contribution in [2.24, 2.45) is 0 Å². The molecule has 14 heteroatoms. The number of pyridine rings is 2. The molecule has 0 radical (unpaired) electrons. The van der Waals surface area contributed by atoms with Crippen LogP contribution in [0.1, 0.15) is 88.9 Å². The summed E-state index contributed by atoms with van der Waals surface area (Å²) in [4.78, 5) is 44.8. The second-order valence-corrected chi connectivity index (χ2v) is 18.8. The number of aromatic amines is 1. The molecule has 0 saturated carbocycles. The lowest BCUT2D eigenvalue weighted by Gasteiger charge is -2.40. The molecule has 2 unspecified atom stereocenters. The predicted octanol–water partition coefficient (Wildman–Crippen LogP) is 7.68. The second-order valence-electron chi connectivity index (χ2n) is 16.6. The summed E-state index contributed by atoms with van der Waals surface area (Å²) in [7, 11) is -4.36. The van der Waals surface area contributed by atoms with Gasteiger partial charge in [0.05, 0.1) is 18.4 Å². The first-order chi connectivity index (χ1) is 26.7. The number of aromatic nitrogens is 5. The first-order valence-electron chi connectivity index (χ1n) is 19.1. The Morgan fingerprint density at radius 3 is 2.35 bits per heavy atom. The number of allylic oxidation sites excluding steroid dienone is 3. The molecule has 13 nitrogen and oxygen atoms in total. The second kappa shape index (κ2) is 14.1. The lowest BCUT2D eigenvalue weighted by Crippen LogP contribution is -2.53. The highest BCUT2D eigenvalue weighted by atomic mass is 32.2. The van der Waals surface area contributed by atoms with E-state index in [1.165, 1.54) is 18.5 Å². The highest BCUT2D eigenvalue weighted by molar-refractivity contribution is 7.91. The normalized spacial score (nSPS) is 18.9. The quantitative estimate of drug-likeness (QED) is 0.168. The third-order valence-electron chi connectivity index (χ3n) is 11.3. The third-order valence-corrected chi connectivity index (χ3v) is 13.8. The summed E-state index contributed by atoms with van der Waals surface area (Å²) in [6.07, 6.45) is 11.3. The number of nitrogens with zero attached hydrogens (tertiary/aromatic N) is 5. The van der Waals surface area contributed by atoms with Gasteiger partial charge < -0.3 is 23.9 Å². The van der Waals surface area contributed by atoms with Gasteiger partial charge in [-0.3, -0.25) is 14.3 Å². The number of aryl methyl sites for hydroxylation is 2. The standard InChI is InChI=1S/C43H50N6O7S/c1-25(2)49-29(6)33(21-45-49)35-16-12-15-28(5)43(35,10)57(53,54)48-18-17-31-34(20-44-40(51)38(31)48)32-19-37(50)47(30-22-46(23-30)41(52)56-42(7,8)9)24-36(32)55-39-26(3)13-11-14-27(39)4/h11-21,24-25,30,35H,22-23H2,1-10H3,(H,44,51). The molecule has 2 aliphatic rings. The SMILES string of the molecule is CC1=CC=CC(c2cnn(C(C)C)c2C)C1(C)S(=O)(=O)n1ccc2c(-c3cc(=O)n(C4CN(C(=O)OC(C)(C)C)C4)cc3Oc3c(C)cccc3C)c[nH]c(=O)c21. The summed E-state index contributed by atoms with van der Waals surface area (Å²) in [5.41, 5.74) is 3.02. The predicted molar refractivity (Wildman–Crippen MR) is 221 cm³/mol. The highest BCUT2D eigenvalue weighted by Gasteiger charge is 2.50. The van der Waals surface area contributed by atoms with Gasteiger partial charge in [-0.05, 0) is 92.0 Å². The highest BCUT2D eigenvalue weighted by Crippen LogP contribution is 2.47. The van der Waals surface area contributed by atoms with Crippen LogP contribution in [-0.2, 0) is 14.8 Å². The molecule has 1 aliphatic carbocycles. The number of rotatable bonds is 8. The van der Waals surface area contributed by atoms with Crippen LogP contribution in [0.15, 0.2) is 88.5 Å². The largest absolute Gasteiger partial charge is 0.455 e. The number of carbonyl (C=O) groups excluding carboxylic acids is 1. The number of hydrogen-bond acceptors (Lipinski definition) is 8. The summed E-state index contributed by atoms with van der Waals surface area (Å²) in [5, 5.41) is 4.91. The monoisotopic (exact) mass is 794 g/mol. The van der Waals surface area contributed by atoms with Crippen molar-refractivity contribution in [2.45, 2.75) is 97.6 Å². The number of amides is 1. The first kappa shape index (κ1) is 39.6. The third kappa shape index (κ3) is 6.63. The Morgan fingerprint density at radius 2 is 1.72 bits per heavy atom. The fourth-order valence-electron chi connectivity index (χ4n) is 7.98. The molecule has 57 heavy (non-hydrogen) atoms. The number of benzene rings is 1. The van der Waals surface area contributed by atoms with Gasteiger partial charge in [0.2, 0.25) is 10.0 Å². The van der Waals surface area contributed by atoms with E-state index >= 15 is 8.42 Å². The molecular formula is C43H50N6O7S. The van der Waals surface area contributed by atoms with Crippen molar-refractivity contribution in [1.29, 1.82) is 0 Å². The minimum Gasteiger partial charge on any atom is -0.455 e. The van der Waals surface area contributed by atoms with Crippen molar-refractivity contribution >= 4 is 27.0 Å². The van der Waals surface area contributed by atoms with Gasteiger partial charge in [-0.25, -0.2) is 17.2 Å². The van der Waals surface area contributed by atoms with Crippen LogP contribution in [0, 0.1) is 20.8 Å². The molecule has 1 N–H and O–H groups in total. The molecule has 300 valence electrons. The molecule has 1 aliphatic heterocycles. The van der Waals surface area contributed by atoms with Crippen molar-refractivity contribution < 1.29 is 22.7 Å². The number of nitrogens with one attached hydrogen (secondary N) is 1.